The van der Waals surface area contributed by atoms with Gasteiger partial charge in [-0.3, -0.25) is 14.6 Å². The van der Waals surface area contributed by atoms with Crippen LogP contribution in [0.3, 0.4) is 0 Å². The molecule has 6 nitrogen and oxygen atoms in total. The number of ketones is 1. The molecule has 2 heterocycles. The fourth-order valence-corrected chi connectivity index (χ4v) is 4.64. The third-order valence-corrected chi connectivity index (χ3v) is 6.49. The lowest BCUT2D eigenvalue weighted by Crippen LogP contribution is -2.29. The van der Waals surface area contributed by atoms with E-state index in [0.29, 0.717) is 17.9 Å². The lowest BCUT2D eigenvalue weighted by atomic mass is 9.94. The number of aliphatic hydroxyl groups is 1. The van der Waals surface area contributed by atoms with Crippen LogP contribution in [0.2, 0.25) is 0 Å². The van der Waals surface area contributed by atoms with E-state index in [1.165, 1.54) is 4.90 Å². The minimum Gasteiger partial charge on any atom is -0.507 e. The van der Waals surface area contributed by atoms with Crippen molar-refractivity contribution >= 4 is 33.4 Å². The largest absolute Gasteiger partial charge is 0.507 e. The van der Waals surface area contributed by atoms with Gasteiger partial charge in [0.25, 0.3) is 11.7 Å². The van der Waals surface area contributed by atoms with Gasteiger partial charge >= 0.3 is 0 Å². The third kappa shape index (κ3) is 5.30. The number of halogens is 1. The Balaban J connectivity index is 1.79. The van der Waals surface area contributed by atoms with Crippen molar-refractivity contribution in [1.82, 2.24) is 9.88 Å². The Kier molecular flexibility index (Phi) is 7.66. The molecule has 7 heteroatoms. The second-order valence-electron chi connectivity index (χ2n) is 8.52. The molecule has 1 N–H and O–H groups in total. The summed E-state index contributed by atoms with van der Waals surface area (Å²) in [5, 5.41) is 11.4. The van der Waals surface area contributed by atoms with Gasteiger partial charge in [0.15, 0.2) is 0 Å². The van der Waals surface area contributed by atoms with Gasteiger partial charge in [0.2, 0.25) is 0 Å². The van der Waals surface area contributed by atoms with Gasteiger partial charge in [-0.1, -0.05) is 47.5 Å². The molecule has 0 unspecified atom stereocenters. The highest BCUT2D eigenvalue weighted by molar-refractivity contribution is 9.10. The highest BCUT2D eigenvalue weighted by Crippen LogP contribution is 2.41. The summed E-state index contributed by atoms with van der Waals surface area (Å²) < 4.78 is 6.59. The minimum atomic E-state index is -0.743. The normalized spacial score (nSPS) is 17.1. The molecule has 0 bridgehead atoms. The maximum absolute atomic E-state index is 13.3. The van der Waals surface area contributed by atoms with Crippen LogP contribution in [0.4, 0.5) is 0 Å². The predicted octanol–water partition coefficient (Wildman–Crippen LogP) is 5.95. The van der Waals surface area contributed by atoms with Crippen molar-refractivity contribution in [2.45, 2.75) is 39.3 Å². The average molecular weight is 535 g/mol. The van der Waals surface area contributed by atoms with E-state index in [-0.39, 0.29) is 17.9 Å². The number of hydrogen-bond donors (Lipinski definition) is 1. The van der Waals surface area contributed by atoms with Gasteiger partial charge in [-0.2, -0.15) is 0 Å². The highest BCUT2D eigenvalue weighted by atomic mass is 79.9. The van der Waals surface area contributed by atoms with E-state index in [1.807, 2.05) is 43.3 Å². The third-order valence-electron chi connectivity index (χ3n) is 6.00. The van der Waals surface area contributed by atoms with Gasteiger partial charge in [0.05, 0.1) is 18.2 Å². The number of hydrogen-bond acceptors (Lipinski definition) is 5. The van der Waals surface area contributed by atoms with Crippen LogP contribution in [-0.4, -0.2) is 33.3 Å². The van der Waals surface area contributed by atoms with E-state index in [9.17, 15) is 14.7 Å². The second kappa shape index (κ2) is 10.9. The zero-order valence-electron chi connectivity index (χ0n) is 19.7. The van der Waals surface area contributed by atoms with Crippen LogP contribution in [0, 0.1) is 6.92 Å². The van der Waals surface area contributed by atoms with Gasteiger partial charge in [0.1, 0.15) is 11.5 Å². The zero-order chi connectivity index (χ0) is 24.9. The first-order chi connectivity index (χ1) is 16.9. The standard InChI is InChI=1S/C28H27BrN2O4/c1-3-4-13-35-22-10-11-23(18(2)14-22)26(32)24-25(20-8-5-9-21(29)15-20)31(28(34)27(24)33)17-19-7-6-12-30-16-19/h5-12,14-16,25,32H,3-4,13,17H2,1-2H3/t25-/m1/s1. The fraction of sp³-hybridized carbons (Fsp3) is 0.250. The number of Topliss-reactive ketones (excluding diaryl/α,β-unsaturated/α-hetero) is 1. The number of benzene rings is 2. The average Bonchev–Trinajstić information content (AvgIpc) is 3.09. The van der Waals surface area contributed by atoms with Crippen LogP contribution in [-0.2, 0) is 16.1 Å². The van der Waals surface area contributed by atoms with Gasteiger partial charge < -0.3 is 14.7 Å². The number of rotatable bonds is 8. The van der Waals surface area contributed by atoms with E-state index < -0.39 is 17.7 Å². The van der Waals surface area contributed by atoms with Gasteiger partial charge in [-0.05, 0) is 66.4 Å². The molecule has 0 spiro atoms. The lowest BCUT2D eigenvalue weighted by Gasteiger charge is -2.25. The maximum atomic E-state index is 13.3. The quantitative estimate of drug-likeness (QED) is 0.167. The van der Waals surface area contributed by atoms with E-state index in [4.69, 9.17) is 4.74 Å². The topological polar surface area (TPSA) is 79.7 Å². The molecule has 3 aromatic rings. The molecule has 4 rings (SSSR count). The van der Waals surface area contributed by atoms with Crippen molar-refractivity contribution in [3.63, 3.8) is 0 Å². The minimum absolute atomic E-state index is 0.0692. The first-order valence-corrected chi connectivity index (χ1v) is 12.4. The van der Waals surface area contributed by atoms with E-state index in [0.717, 1.165) is 34.0 Å². The first-order valence-electron chi connectivity index (χ1n) is 11.6. The Morgan fingerprint density at radius 1 is 1.14 bits per heavy atom. The maximum Gasteiger partial charge on any atom is 0.295 e. The lowest BCUT2D eigenvalue weighted by molar-refractivity contribution is -0.140. The molecular weight excluding hydrogens is 508 g/mol. The number of aliphatic hydroxyl groups excluding tert-OH is 1. The van der Waals surface area contributed by atoms with Crippen molar-refractivity contribution in [2.75, 3.05) is 6.61 Å². The summed E-state index contributed by atoms with van der Waals surface area (Å²) in [7, 11) is 0. The smallest absolute Gasteiger partial charge is 0.295 e. The van der Waals surface area contributed by atoms with Gasteiger partial charge in [-0.25, -0.2) is 0 Å². The van der Waals surface area contributed by atoms with Crippen LogP contribution in [0.25, 0.3) is 5.76 Å². The first kappa shape index (κ1) is 24.7. The molecule has 2 aromatic carbocycles. The molecular formula is C28H27BrN2O4. The van der Waals surface area contributed by atoms with Crippen molar-refractivity contribution in [1.29, 1.82) is 0 Å². The number of aryl methyl sites for hydroxylation is 1. The Hall–Kier alpha value is -3.45. The molecule has 0 saturated carbocycles. The van der Waals surface area contributed by atoms with Crippen LogP contribution < -0.4 is 4.74 Å². The number of ether oxygens (including phenoxy) is 1. The van der Waals surface area contributed by atoms with Gasteiger partial charge in [-0.15, -0.1) is 0 Å². The second-order valence-corrected chi connectivity index (χ2v) is 9.44. The molecule has 1 aromatic heterocycles. The van der Waals surface area contributed by atoms with Crippen molar-refractivity contribution in [2.24, 2.45) is 0 Å². The summed E-state index contributed by atoms with van der Waals surface area (Å²) in [5.41, 5.74) is 2.83. The fourth-order valence-electron chi connectivity index (χ4n) is 4.23. The summed E-state index contributed by atoms with van der Waals surface area (Å²) in [6.07, 6.45) is 5.31. The summed E-state index contributed by atoms with van der Waals surface area (Å²) in [4.78, 5) is 32.1. The Morgan fingerprint density at radius 3 is 2.66 bits per heavy atom. The Labute approximate surface area is 213 Å². The van der Waals surface area contributed by atoms with Crippen LogP contribution >= 0.6 is 15.9 Å². The number of likely N-dealkylation sites (tertiary alicyclic amines) is 1. The number of nitrogens with zero attached hydrogens (tertiary/aromatic N) is 2. The van der Waals surface area contributed by atoms with Crippen molar-refractivity contribution in [3.05, 3.63) is 99.3 Å². The van der Waals surface area contributed by atoms with Crippen molar-refractivity contribution < 1.29 is 19.4 Å². The van der Waals surface area contributed by atoms with Crippen LogP contribution in [0.1, 0.15) is 48.1 Å². The van der Waals surface area contributed by atoms with Crippen LogP contribution in [0.5, 0.6) is 5.75 Å². The molecule has 35 heavy (non-hydrogen) atoms. The number of aromatic nitrogens is 1. The molecule has 0 radical (unpaired) electrons. The molecule has 1 saturated heterocycles. The van der Waals surface area contributed by atoms with Gasteiger partial charge in [0, 0.05) is 29.0 Å². The molecule has 1 aliphatic heterocycles. The molecule has 1 amide bonds. The van der Waals surface area contributed by atoms with E-state index in [1.54, 1.807) is 30.6 Å². The molecule has 1 fully saturated rings. The monoisotopic (exact) mass is 534 g/mol. The van der Waals surface area contributed by atoms with E-state index in [2.05, 4.69) is 27.8 Å². The summed E-state index contributed by atoms with van der Waals surface area (Å²) in [6.45, 7) is 4.75. The number of unbranched alkanes of at least 4 members (excludes halogenated alkanes) is 1. The number of pyridine rings is 1. The molecule has 1 aliphatic rings. The summed E-state index contributed by atoms with van der Waals surface area (Å²) in [6, 6.07) is 15.7. The number of carbonyl (C=O) groups is 2. The predicted molar refractivity (Wildman–Crippen MR) is 138 cm³/mol. The highest BCUT2D eigenvalue weighted by Gasteiger charge is 2.46. The summed E-state index contributed by atoms with van der Waals surface area (Å²) in [5.74, 6) is -0.857. The van der Waals surface area contributed by atoms with Crippen LogP contribution in [0.15, 0.2) is 77.0 Å². The number of amides is 1. The zero-order valence-corrected chi connectivity index (χ0v) is 21.3. The Bertz CT molecular complexity index is 1270. The Morgan fingerprint density at radius 2 is 1.97 bits per heavy atom. The molecule has 0 aliphatic carbocycles. The molecule has 180 valence electrons. The van der Waals surface area contributed by atoms with E-state index >= 15 is 0 Å². The number of carbonyl (C=O) groups excluding carboxylic acids is 2. The molecule has 1 atom stereocenters. The SMILES string of the molecule is CCCCOc1ccc(C(O)=C2C(=O)C(=O)N(Cc3cccnc3)[C@@H]2c2cccc(Br)c2)c(C)c1. The van der Waals surface area contributed by atoms with Crippen molar-refractivity contribution in [3.8, 4) is 5.75 Å². The summed E-state index contributed by atoms with van der Waals surface area (Å²) >= 11 is 3.48.